The summed E-state index contributed by atoms with van der Waals surface area (Å²) < 4.78 is 0. The van der Waals surface area contributed by atoms with Crippen molar-refractivity contribution in [2.75, 3.05) is 7.05 Å². The van der Waals surface area contributed by atoms with Crippen LogP contribution in [0.25, 0.3) is 0 Å². The molecule has 1 fully saturated rings. The Labute approximate surface area is 124 Å². The van der Waals surface area contributed by atoms with Gasteiger partial charge in [0.1, 0.15) is 0 Å². The van der Waals surface area contributed by atoms with Crippen molar-refractivity contribution >= 4 is 11.7 Å². The van der Waals surface area contributed by atoms with Gasteiger partial charge in [0.15, 0.2) is 5.78 Å². The van der Waals surface area contributed by atoms with Crippen molar-refractivity contribution in [3.63, 3.8) is 0 Å². The molecule has 0 bridgehead atoms. The van der Waals surface area contributed by atoms with E-state index in [0.29, 0.717) is 5.92 Å². The van der Waals surface area contributed by atoms with E-state index in [0.717, 1.165) is 32.1 Å². The first kappa shape index (κ1) is 17.2. The summed E-state index contributed by atoms with van der Waals surface area (Å²) >= 11 is 0. The molecular weight excluding hydrogens is 250 g/mol. The Morgan fingerprint density at radius 3 is 2.05 bits per heavy atom. The van der Waals surface area contributed by atoms with E-state index in [9.17, 15) is 9.59 Å². The molecule has 1 aliphatic rings. The zero-order chi connectivity index (χ0) is 15.3. The molecule has 1 saturated carbocycles. The summed E-state index contributed by atoms with van der Waals surface area (Å²) in [7, 11) is 1.82. The number of carbonyl (C=O) groups excluding carboxylic acids is 2. The van der Waals surface area contributed by atoms with E-state index in [2.05, 4.69) is 13.8 Å². The molecule has 0 unspecified atom stereocenters. The van der Waals surface area contributed by atoms with E-state index in [1.165, 1.54) is 6.42 Å². The highest BCUT2D eigenvalue weighted by molar-refractivity contribution is 5.90. The Balaban J connectivity index is 2.77. The summed E-state index contributed by atoms with van der Waals surface area (Å²) in [5.41, 5.74) is 0. The van der Waals surface area contributed by atoms with Gasteiger partial charge in [-0.2, -0.15) is 0 Å². The van der Waals surface area contributed by atoms with Gasteiger partial charge in [0.25, 0.3) is 0 Å². The Kier molecular flexibility index (Phi) is 6.70. The van der Waals surface area contributed by atoms with Gasteiger partial charge >= 0.3 is 0 Å². The summed E-state index contributed by atoms with van der Waals surface area (Å²) in [6.07, 6.45) is 6.30. The van der Waals surface area contributed by atoms with Gasteiger partial charge < -0.3 is 4.90 Å². The highest BCUT2D eigenvalue weighted by Gasteiger charge is 2.32. The topological polar surface area (TPSA) is 37.4 Å². The van der Waals surface area contributed by atoms with Crippen molar-refractivity contribution in [2.45, 2.75) is 72.3 Å². The molecule has 0 aromatic heterocycles. The molecule has 1 amide bonds. The number of likely N-dealkylation sites (N-methyl/N-ethyl adjacent to an activating group) is 1. The van der Waals surface area contributed by atoms with E-state index >= 15 is 0 Å². The lowest BCUT2D eigenvalue weighted by molar-refractivity contribution is -0.143. The van der Waals surface area contributed by atoms with E-state index in [1.807, 2.05) is 20.9 Å². The number of nitrogens with zero attached hydrogens (tertiary/aromatic N) is 1. The monoisotopic (exact) mass is 281 g/mol. The molecule has 0 heterocycles. The van der Waals surface area contributed by atoms with Crippen molar-refractivity contribution in [3.8, 4) is 0 Å². The first-order valence-corrected chi connectivity index (χ1v) is 8.15. The molecule has 116 valence electrons. The Hall–Kier alpha value is -0.860. The van der Waals surface area contributed by atoms with E-state index in [1.54, 1.807) is 4.90 Å². The molecule has 20 heavy (non-hydrogen) atoms. The maximum Gasteiger partial charge on any atom is 0.226 e. The quantitative estimate of drug-likeness (QED) is 0.745. The molecule has 1 atom stereocenters. The minimum absolute atomic E-state index is 0.0136. The maximum absolute atomic E-state index is 12.6. The molecule has 0 spiro atoms. The fraction of sp³-hybridized carbons (Fsp3) is 0.882. The average molecular weight is 281 g/mol. The zero-order valence-corrected chi connectivity index (χ0v) is 13.8. The van der Waals surface area contributed by atoms with Crippen LogP contribution in [0.15, 0.2) is 0 Å². The molecule has 1 rings (SSSR count). The van der Waals surface area contributed by atoms with Crippen LogP contribution in [0.1, 0.15) is 66.2 Å². The molecule has 0 saturated heterocycles. The van der Waals surface area contributed by atoms with Gasteiger partial charge in [-0.3, -0.25) is 9.59 Å². The zero-order valence-electron chi connectivity index (χ0n) is 13.8. The molecule has 0 radical (unpaired) electrons. The number of hydrogen-bond donors (Lipinski definition) is 0. The third-order valence-corrected chi connectivity index (χ3v) is 4.36. The summed E-state index contributed by atoms with van der Waals surface area (Å²) in [6.45, 7) is 8.07. The lowest BCUT2D eigenvalue weighted by atomic mass is 9.86. The fourth-order valence-electron chi connectivity index (χ4n) is 3.09. The fourth-order valence-corrected chi connectivity index (χ4v) is 3.09. The van der Waals surface area contributed by atoms with Crippen LogP contribution >= 0.6 is 0 Å². The minimum Gasteiger partial charge on any atom is -0.335 e. The lowest BCUT2D eigenvalue weighted by Crippen LogP contribution is -2.47. The molecular formula is C17H31NO2. The Morgan fingerprint density at radius 2 is 1.60 bits per heavy atom. The lowest BCUT2D eigenvalue weighted by Gasteiger charge is -2.33. The van der Waals surface area contributed by atoms with Crippen molar-refractivity contribution in [1.82, 2.24) is 4.90 Å². The second kappa shape index (κ2) is 7.80. The van der Waals surface area contributed by atoms with Crippen LogP contribution in [-0.4, -0.2) is 29.7 Å². The molecule has 0 aromatic carbocycles. The smallest absolute Gasteiger partial charge is 0.226 e. The van der Waals surface area contributed by atoms with Gasteiger partial charge in [0.2, 0.25) is 5.91 Å². The van der Waals surface area contributed by atoms with Gasteiger partial charge in [0, 0.05) is 18.9 Å². The van der Waals surface area contributed by atoms with Gasteiger partial charge in [0.05, 0.1) is 6.04 Å². The molecule has 3 nitrogen and oxygen atoms in total. The van der Waals surface area contributed by atoms with Crippen LogP contribution in [0.3, 0.4) is 0 Å². The molecule has 0 N–H and O–H groups in total. The van der Waals surface area contributed by atoms with Crippen LogP contribution in [0, 0.1) is 17.8 Å². The van der Waals surface area contributed by atoms with E-state index < -0.39 is 0 Å². The number of ketones is 1. The molecule has 1 aliphatic carbocycles. The number of carbonyl (C=O) groups is 2. The molecule has 0 aromatic rings. The van der Waals surface area contributed by atoms with Crippen LogP contribution in [-0.2, 0) is 9.59 Å². The van der Waals surface area contributed by atoms with Gasteiger partial charge in [-0.25, -0.2) is 0 Å². The summed E-state index contributed by atoms with van der Waals surface area (Å²) in [6, 6.07) is -0.246. The summed E-state index contributed by atoms with van der Waals surface area (Å²) in [4.78, 5) is 26.8. The van der Waals surface area contributed by atoms with Gasteiger partial charge in [-0.15, -0.1) is 0 Å². The number of rotatable bonds is 6. The molecule has 0 aliphatic heterocycles. The third kappa shape index (κ3) is 4.60. The highest BCUT2D eigenvalue weighted by Crippen LogP contribution is 2.27. The van der Waals surface area contributed by atoms with Crippen LogP contribution < -0.4 is 0 Å². The normalized spacial score (nSPS) is 18.4. The second-order valence-electron chi connectivity index (χ2n) is 6.99. The van der Waals surface area contributed by atoms with E-state index in [-0.39, 0.29) is 29.6 Å². The average Bonchev–Trinajstić information content (AvgIpc) is 2.43. The van der Waals surface area contributed by atoms with Crippen molar-refractivity contribution in [3.05, 3.63) is 0 Å². The number of Topliss-reactive ketones (excluding diaryl/α,β-unsaturated/α-hetero) is 1. The predicted molar refractivity (Wildman–Crippen MR) is 82.4 cm³/mol. The van der Waals surface area contributed by atoms with Crippen molar-refractivity contribution < 1.29 is 9.59 Å². The highest BCUT2D eigenvalue weighted by atomic mass is 16.2. The third-order valence-electron chi connectivity index (χ3n) is 4.36. The van der Waals surface area contributed by atoms with Crippen LogP contribution in [0.4, 0.5) is 0 Å². The van der Waals surface area contributed by atoms with Gasteiger partial charge in [-0.05, 0) is 25.2 Å². The SMILES string of the molecule is CC(C)C[C@H](C(=O)C(C)C)N(C)C(=O)C1CCCCC1. The molecule has 3 heteroatoms. The van der Waals surface area contributed by atoms with Crippen LogP contribution in [0.5, 0.6) is 0 Å². The minimum atomic E-state index is -0.246. The van der Waals surface area contributed by atoms with Crippen molar-refractivity contribution in [1.29, 1.82) is 0 Å². The van der Waals surface area contributed by atoms with Crippen LogP contribution in [0.2, 0.25) is 0 Å². The second-order valence-corrected chi connectivity index (χ2v) is 6.99. The Morgan fingerprint density at radius 1 is 1.05 bits per heavy atom. The largest absolute Gasteiger partial charge is 0.335 e. The summed E-state index contributed by atoms with van der Waals surface area (Å²) in [5.74, 6) is 0.933. The number of hydrogen-bond acceptors (Lipinski definition) is 2. The standard InChI is InChI=1S/C17H31NO2/c1-12(2)11-15(16(19)13(3)4)18(5)17(20)14-9-7-6-8-10-14/h12-15H,6-11H2,1-5H3/t15-/m1/s1. The maximum atomic E-state index is 12.6. The van der Waals surface area contributed by atoms with E-state index in [4.69, 9.17) is 0 Å². The number of amides is 1. The first-order valence-electron chi connectivity index (χ1n) is 8.15. The van der Waals surface area contributed by atoms with Gasteiger partial charge in [-0.1, -0.05) is 47.0 Å². The first-order chi connectivity index (χ1) is 9.34. The Bertz CT molecular complexity index is 330. The summed E-state index contributed by atoms with van der Waals surface area (Å²) in [5, 5.41) is 0. The van der Waals surface area contributed by atoms with Crippen molar-refractivity contribution in [2.24, 2.45) is 17.8 Å². The predicted octanol–water partition coefficient (Wildman–Crippen LogP) is 3.66.